The number of H-pyrrole nitrogens is 1. The van der Waals surface area contributed by atoms with Gasteiger partial charge in [0.2, 0.25) is 5.88 Å². The number of para-hydroxylation sites is 1. The van der Waals surface area contributed by atoms with Crippen LogP contribution >= 0.6 is 0 Å². The van der Waals surface area contributed by atoms with Crippen molar-refractivity contribution < 1.29 is 23.9 Å². The lowest BCUT2D eigenvalue weighted by molar-refractivity contribution is -0.134. The first-order valence-electron chi connectivity index (χ1n) is 10.9. The highest BCUT2D eigenvalue weighted by atomic mass is 16.6. The van der Waals surface area contributed by atoms with Crippen LogP contribution in [0.4, 0.5) is 4.79 Å². The third-order valence-electron chi connectivity index (χ3n) is 6.09. The Kier molecular flexibility index (Phi) is 3.94. The van der Waals surface area contributed by atoms with Crippen LogP contribution in [0, 0.1) is 0 Å². The number of rotatable bonds is 0. The molecule has 6 rings (SSSR count). The second-order valence-corrected chi connectivity index (χ2v) is 9.42. The number of amides is 2. The number of benzene rings is 2. The van der Waals surface area contributed by atoms with Crippen molar-refractivity contribution in [2.45, 2.75) is 26.4 Å². The monoisotopic (exact) mass is 455 g/mol. The van der Waals surface area contributed by atoms with Gasteiger partial charge in [-0.05, 0) is 39.0 Å². The summed E-state index contributed by atoms with van der Waals surface area (Å²) < 4.78 is 13.5. The van der Waals surface area contributed by atoms with Crippen LogP contribution in [0.3, 0.4) is 0 Å². The van der Waals surface area contributed by atoms with Gasteiger partial charge in [-0.3, -0.25) is 14.5 Å². The maximum atomic E-state index is 13.4. The largest absolute Gasteiger partial charge is 0.443 e. The average Bonchev–Trinajstić information content (AvgIpc) is 3.39. The first-order chi connectivity index (χ1) is 16.2. The highest BCUT2D eigenvalue weighted by molar-refractivity contribution is 6.51. The van der Waals surface area contributed by atoms with Gasteiger partial charge in [-0.1, -0.05) is 24.3 Å². The number of ether oxygens (including phenoxy) is 2. The Bertz CT molecular complexity index is 1610. The first kappa shape index (κ1) is 20.3. The number of aromatic amines is 1. The van der Waals surface area contributed by atoms with E-state index in [4.69, 9.17) is 9.47 Å². The molecule has 170 valence electrons. The minimum atomic E-state index is -0.755. The summed E-state index contributed by atoms with van der Waals surface area (Å²) in [5.41, 5.74) is 1.97. The molecule has 2 aliphatic heterocycles. The van der Waals surface area contributed by atoms with Crippen LogP contribution < -0.4 is 4.74 Å². The second kappa shape index (κ2) is 6.60. The number of aromatic nitrogens is 2. The van der Waals surface area contributed by atoms with Gasteiger partial charge in [-0.15, -0.1) is 0 Å². The van der Waals surface area contributed by atoms with Crippen molar-refractivity contribution in [3.05, 3.63) is 59.8 Å². The number of nitrogens with zero attached hydrogens (tertiary/aromatic N) is 2. The Balaban J connectivity index is 1.78. The lowest BCUT2D eigenvalue weighted by Crippen LogP contribution is -2.27. The molecule has 0 atom stereocenters. The van der Waals surface area contributed by atoms with Gasteiger partial charge in [0.15, 0.2) is 0 Å². The standard InChI is InChI=1S/C26H21N3O5/c1-26(2,3)34-25(32)29-16-10-6-5-8-13(16)20-21-19(22(30)28(4)23(21)31)14-12-27-15-9-7-11-17(18(14)15)33-24(20)29/h5-12,27H,1-4H3. The zero-order chi connectivity index (χ0) is 23.9. The van der Waals surface area contributed by atoms with Crippen molar-refractivity contribution in [3.63, 3.8) is 0 Å². The van der Waals surface area contributed by atoms with Gasteiger partial charge in [0.05, 0.1) is 27.6 Å². The Labute approximate surface area is 194 Å². The second-order valence-electron chi connectivity index (χ2n) is 9.42. The summed E-state index contributed by atoms with van der Waals surface area (Å²) in [5.74, 6) is -0.258. The van der Waals surface area contributed by atoms with E-state index in [1.165, 1.54) is 11.6 Å². The zero-order valence-electron chi connectivity index (χ0n) is 19.1. The molecule has 8 heteroatoms. The molecule has 1 N–H and O–H groups in total. The molecule has 2 aliphatic rings. The summed E-state index contributed by atoms with van der Waals surface area (Å²) in [5, 5.41) is 1.27. The van der Waals surface area contributed by atoms with Crippen LogP contribution in [0.1, 0.15) is 31.9 Å². The number of hydrogen-bond acceptors (Lipinski definition) is 5. The molecule has 2 aromatic heterocycles. The van der Waals surface area contributed by atoms with E-state index in [1.54, 1.807) is 51.2 Å². The van der Waals surface area contributed by atoms with E-state index >= 15 is 0 Å². The topological polar surface area (TPSA) is 93.6 Å². The van der Waals surface area contributed by atoms with Gasteiger partial charge >= 0.3 is 6.09 Å². The van der Waals surface area contributed by atoms with Gasteiger partial charge < -0.3 is 14.5 Å². The SMILES string of the molecule is CN1C(=O)C2=C(C1=O)c1c[nH]c3cccc(c13)Oc1c2c2ccccc2n1C(=O)OC(C)(C)C. The molecular formula is C26H21N3O5. The van der Waals surface area contributed by atoms with Gasteiger partial charge in [-0.25, -0.2) is 9.36 Å². The Morgan fingerprint density at radius 3 is 2.50 bits per heavy atom. The van der Waals surface area contributed by atoms with E-state index in [0.29, 0.717) is 33.2 Å². The smallest absolute Gasteiger partial charge is 0.421 e. The molecule has 2 amide bonds. The number of hydrogen-bond donors (Lipinski definition) is 1. The minimum absolute atomic E-state index is 0.138. The Morgan fingerprint density at radius 1 is 1.00 bits per heavy atom. The Morgan fingerprint density at radius 2 is 1.74 bits per heavy atom. The Hall–Kier alpha value is -4.33. The fourth-order valence-corrected chi connectivity index (χ4v) is 4.70. The molecule has 4 aromatic rings. The molecule has 0 radical (unpaired) electrons. The van der Waals surface area contributed by atoms with Crippen LogP contribution in [-0.2, 0) is 14.3 Å². The number of carbonyl (C=O) groups is 3. The van der Waals surface area contributed by atoms with Crippen molar-refractivity contribution in [2.24, 2.45) is 0 Å². The molecule has 0 saturated carbocycles. The molecule has 0 spiro atoms. The molecule has 2 aromatic carbocycles. The van der Waals surface area contributed by atoms with E-state index in [1.807, 2.05) is 18.2 Å². The fourth-order valence-electron chi connectivity index (χ4n) is 4.70. The van der Waals surface area contributed by atoms with Crippen molar-refractivity contribution in [1.82, 2.24) is 14.5 Å². The van der Waals surface area contributed by atoms with Crippen molar-refractivity contribution in [3.8, 4) is 11.6 Å². The van der Waals surface area contributed by atoms with Gasteiger partial charge in [-0.2, -0.15) is 0 Å². The molecule has 34 heavy (non-hydrogen) atoms. The molecule has 0 aliphatic carbocycles. The summed E-state index contributed by atoms with van der Waals surface area (Å²) >= 11 is 0. The number of likely N-dealkylation sites (N-methyl/N-ethyl adjacent to an activating group) is 1. The first-order valence-corrected chi connectivity index (χ1v) is 10.9. The van der Waals surface area contributed by atoms with E-state index < -0.39 is 23.5 Å². The van der Waals surface area contributed by atoms with Crippen LogP contribution in [0.25, 0.3) is 33.0 Å². The maximum Gasteiger partial charge on any atom is 0.421 e. The molecule has 8 nitrogen and oxygen atoms in total. The zero-order valence-corrected chi connectivity index (χ0v) is 19.1. The summed E-state index contributed by atoms with van der Waals surface area (Å²) in [6, 6.07) is 12.6. The highest BCUT2D eigenvalue weighted by Crippen LogP contribution is 2.50. The van der Waals surface area contributed by atoms with Crippen LogP contribution in [-0.4, -0.2) is 45.0 Å². The molecule has 0 unspecified atom stereocenters. The van der Waals surface area contributed by atoms with Crippen molar-refractivity contribution in [1.29, 1.82) is 0 Å². The highest BCUT2D eigenvalue weighted by Gasteiger charge is 2.43. The summed E-state index contributed by atoms with van der Waals surface area (Å²) in [6.07, 6.45) is 1.08. The van der Waals surface area contributed by atoms with Crippen LogP contribution in [0.15, 0.2) is 48.7 Å². The summed E-state index contributed by atoms with van der Waals surface area (Å²) in [4.78, 5) is 44.5. The van der Waals surface area contributed by atoms with Gasteiger partial charge in [0.1, 0.15) is 11.4 Å². The normalized spacial score (nSPS) is 15.4. The van der Waals surface area contributed by atoms with Crippen LogP contribution in [0.2, 0.25) is 0 Å². The van der Waals surface area contributed by atoms with Crippen molar-refractivity contribution in [2.75, 3.05) is 7.05 Å². The lowest BCUT2D eigenvalue weighted by Gasteiger charge is -2.21. The van der Waals surface area contributed by atoms with E-state index in [0.717, 1.165) is 10.4 Å². The third kappa shape index (κ3) is 2.62. The van der Waals surface area contributed by atoms with Gasteiger partial charge in [0, 0.05) is 29.7 Å². The molecule has 0 fully saturated rings. The third-order valence-corrected chi connectivity index (χ3v) is 6.09. The van der Waals surface area contributed by atoms with E-state index in [2.05, 4.69) is 4.98 Å². The van der Waals surface area contributed by atoms with E-state index in [9.17, 15) is 14.4 Å². The van der Waals surface area contributed by atoms with Crippen LogP contribution in [0.5, 0.6) is 11.6 Å². The van der Waals surface area contributed by atoms with Crippen molar-refractivity contribution >= 4 is 50.9 Å². The predicted octanol–water partition coefficient (Wildman–Crippen LogP) is 4.92. The fraction of sp³-hybridized carbons (Fsp3) is 0.192. The van der Waals surface area contributed by atoms with E-state index in [-0.39, 0.29) is 17.0 Å². The quantitative estimate of drug-likeness (QED) is 0.380. The molecule has 0 bridgehead atoms. The average molecular weight is 455 g/mol. The summed E-state index contributed by atoms with van der Waals surface area (Å²) in [6.45, 7) is 5.34. The number of fused-ring (bicyclic) bond motifs is 5. The number of nitrogens with one attached hydrogen (secondary N) is 1. The number of imide groups is 1. The molecule has 4 heterocycles. The minimum Gasteiger partial charge on any atom is -0.443 e. The number of carbonyl (C=O) groups excluding carboxylic acids is 3. The lowest BCUT2D eigenvalue weighted by atomic mass is 9.94. The molecule has 0 saturated heterocycles. The molecular weight excluding hydrogens is 434 g/mol. The predicted molar refractivity (Wildman–Crippen MR) is 127 cm³/mol. The maximum absolute atomic E-state index is 13.4. The summed E-state index contributed by atoms with van der Waals surface area (Å²) in [7, 11) is 1.46. The van der Waals surface area contributed by atoms with Gasteiger partial charge in [0.25, 0.3) is 11.8 Å².